The summed E-state index contributed by atoms with van der Waals surface area (Å²) in [6, 6.07) is 9.78. The van der Waals surface area contributed by atoms with Crippen molar-refractivity contribution in [2.75, 3.05) is 33.7 Å². The van der Waals surface area contributed by atoms with Crippen molar-refractivity contribution < 1.29 is 0 Å². The summed E-state index contributed by atoms with van der Waals surface area (Å²) < 4.78 is 0. The summed E-state index contributed by atoms with van der Waals surface area (Å²) in [5.41, 5.74) is 2.57. The maximum Gasteiger partial charge on any atom is 0.191 e. The van der Waals surface area contributed by atoms with E-state index in [4.69, 9.17) is 4.99 Å². The topological polar surface area (TPSA) is 42.9 Å². The molecule has 0 heterocycles. The van der Waals surface area contributed by atoms with Crippen LogP contribution >= 0.6 is 0 Å². The number of nitrogens with one attached hydrogen (secondary N) is 2. The van der Waals surface area contributed by atoms with Gasteiger partial charge in [-0.1, -0.05) is 24.3 Å². The van der Waals surface area contributed by atoms with Crippen LogP contribution in [0.3, 0.4) is 0 Å². The predicted octanol–water partition coefficient (Wildman–Crippen LogP) is 2.92. The SMILES string of the molecule is CCNC(=NCc1cccc(CN(C)C)c1)NCCN(C(C)C)C(C)C. The van der Waals surface area contributed by atoms with Gasteiger partial charge in [-0.15, -0.1) is 0 Å². The van der Waals surface area contributed by atoms with Crippen molar-refractivity contribution >= 4 is 5.96 Å². The molecular weight excluding hydrogens is 322 g/mol. The smallest absolute Gasteiger partial charge is 0.191 e. The highest BCUT2D eigenvalue weighted by atomic mass is 15.2. The number of aliphatic imine (C=N–C) groups is 1. The molecule has 0 fully saturated rings. The van der Waals surface area contributed by atoms with Crippen molar-refractivity contribution in [1.82, 2.24) is 20.4 Å². The Morgan fingerprint density at radius 1 is 1.04 bits per heavy atom. The minimum Gasteiger partial charge on any atom is -0.357 e. The molecule has 0 unspecified atom stereocenters. The Morgan fingerprint density at radius 2 is 1.69 bits per heavy atom. The van der Waals surface area contributed by atoms with Crippen molar-refractivity contribution in [1.29, 1.82) is 0 Å². The van der Waals surface area contributed by atoms with Gasteiger partial charge in [-0.05, 0) is 59.8 Å². The molecule has 0 atom stereocenters. The van der Waals surface area contributed by atoms with E-state index in [2.05, 4.69) is 93.4 Å². The molecule has 0 saturated carbocycles. The van der Waals surface area contributed by atoms with Crippen molar-refractivity contribution in [2.24, 2.45) is 4.99 Å². The number of hydrogen-bond acceptors (Lipinski definition) is 3. The third-order valence-corrected chi connectivity index (χ3v) is 4.24. The molecule has 0 bridgehead atoms. The van der Waals surface area contributed by atoms with Gasteiger partial charge in [-0.3, -0.25) is 4.90 Å². The average molecular weight is 362 g/mol. The van der Waals surface area contributed by atoms with Gasteiger partial charge in [0.2, 0.25) is 0 Å². The molecule has 148 valence electrons. The van der Waals surface area contributed by atoms with E-state index in [1.54, 1.807) is 0 Å². The Bertz CT molecular complexity index is 529. The molecule has 1 rings (SSSR count). The van der Waals surface area contributed by atoms with E-state index in [-0.39, 0.29) is 0 Å². The second-order valence-electron chi connectivity index (χ2n) is 7.60. The van der Waals surface area contributed by atoms with E-state index in [1.807, 2.05) is 0 Å². The molecule has 1 aromatic rings. The predicted molar refractivity (Wildman–Crippen MR) is 114 cm³/mol. The number of benzene rings is 1. The first kappa shape index (κ1) is 22.5. The minimum atomic E-state index is 0.552. The van der Waals surface area contributed by atoms with Gasteiger partial charge < -0.3 is 15.5 Å². The summed E-state index contributed by atoms with van der Waals surface area (Å²) in [4.78, 5) is 9.42. The van der Waals surface area contributed by atoms with Crippen LogP contribution in [0.15, 0.2) is 29.3 Å². The van der Waals surface area contributed by atoms with E-state index >= 15 is 0 Å². The Kier molecular flexibility index (Phi) is 10.3. The van der Waals surface area contributed by atoms with Crippen molar-refractivity contribution in [2.45, 2.75) is 59.8 Å². The average Bonchev–Trinajstić information content (AvgIpc) is 2.55. The molecule has 26 heavy (non-hydrogen) atoms. The molecule has 1 aromatic carbocycles. The molecule has 0 aromatic heterocycles. The van der Waals surface area contributed by atoms with E-state index < -0.39 is 0 Å². The normalized spacial score (nSPS) is 12.5. The second-order valence-corrected chi connectivity index (χ2v) is 7.60. The summed E-state index contributed by atoms with van der Waals surface area (Å²) in [5.74, 6) is 0.887. The first-order valence-corrected chi connectivity index (χ1v) is 9.84. The molecular formula is C21H39N5. The molecule has 2 N–H and O–H groups in total. The van der Waals surface area contributed by atoms with Crippen molar-refractivity contribution in [3.8, 4) is 0 Å². The van der Waals surface area contributed by atoms with Gasteiger partial charge in [0.1, 0.15) is 0 Å². The van der Waals surface area contributed by atoms with Gasteiger partial charge in [0.05, 0.1) is 6.54 Å². The lowest BCUT2D eigenvalue weighted by molar-refractivity contribution is 0.178. The van der Waals surface area contributed by atoms with Gasteiger partial charge in [-0.25, -0.2) is 4.99 Å². The molecule has 5 nitrogen and oxygen atoms in total. The van der Waals surface area contributed by atoms with Gasteiger partial charge in [0, 0.05) is 38.3 Å². The highest BCUT2D eigenvalue weighted by molar-refractivity contribution is 5.79. The number of guanidine groups is 1. The molecule has 0 spiro atoms. The van der Waals surface area contributed by atoms with Crippen LogP contribution in [0.4, 0.5) is 0 Å². The van der Waals surface area contributed by atoms with E-state index in [1.165, 1.54) is 11.1 Å². The van der Waals surface area contributed by atoms with Crippen LogP contribution < -0.4 is 10.6 Å². The molecule has 0 saturated heterocycles. The van der Waals surface area contributed by atoms with Crippen LogP contribution in [0.25, 0.3) is 0 Å². The Labute approximate surface area is 160 Å². The minimum absolute atomic E-state index is 0.552. The van der Waals surface area contributed by atoms with Gasteiger partial charge in [0.15, 0.2) is 5.96 Å². The number of rotatable bonds is 10. The van der Waals surface area contributed by atoms with Gasteiger partial charge >= 0.3 is 0 Å². The van der Waals surface area contributed by atoms with E-state index in [0.29, 0.717) is 18.6 Å². The molecule has 5 heteroatoms. The maximum atomic E-state index is 4.75. The lowest BCUT2D eigenvalue weighted by Crippen LogP contribution is -2.45. The Balaban J connectivity index is 2.63. The molecule has 0 aliphatic heterocycles. The van der Waals surface area contributed by atoms with Crippen molar-refractivity contribution in [3.63, 3.8) is 0 Å². The summed E-state index contributed by atoms with van der Waals surface area (Å²) in [6.07, 6.45) is 0. The van der Waals surface area contributed by atoms with Crippen molar-refractivity contribution in [3.05, 3.63) is 35.4 Å². The molecule has 0 aliphatic rings. The summed E-state index contributed by atoms with van der Waals surface area (Å²) >= 11 is 0. The monoisotopic (exact) mass is 361 g/mol. The zero-order valence-corrected chi connectivity index (χ0v) is 17.8. The lowest BCUT2D eigenvalue weighted by Gasteiger charge is -2.30. The molecule has 0 aliphatic carbocycles. The van der Waals surface area contributed by atoms with Crippen LogP contribution in [0.2, 0.25) is 0 Å². The fourth-order valence-electron chi connectivity index (χ4n) is 3.12. The zero-order chi connectivity index (χ0) is 19.5. The van der Waals surface area contributed by atoms with Crippen LogP contribution in [-0.4, -0.2) is 61.6 Å². The highest BCUT2D eigenvalue weighted by Crippen LogP contribution is 2.08. The van der Waals surface area contributed by atoms with Gasteiger partial charge in [0.25, 0.3) is 0 Å². The molecule has 0 amide bonds. The fourth-order valence-corrected chi connectivity index (χ4v) is 3.12. The summed E-state index contributed by atoms with van der Waals surface area (Å²) in [6.45, 7) is 15.5. The summed E-state index contributed by atoms with van der Waals surface area (Å²) in [5, 5.41) is 6.81. The third kappa shape index (κ3) is 8.68. The fraction of sp³-hybridized carbons (Fsp3) is 0.667. The van der Waals surface area contributed by atoms with Gasteiger partial charge in [-0.2, -0.15) is 0 Å². The Morgan fingerprint density at radius 3 is 2.27 bits per heavy atom. The Hall–Kier alpha value is -1.59. The third-order valence-electron chi connectivity index (χ3n) is 4.24. The standard InChI is InChI=1S/C21H39N5/c1-8-22-21(23-12-13-26(17(2)3)18(4)5)24-15-19-10-9-11-20(14-19)16-25(6)7/h9-11,14,17-18H,8,12-13,15-16H2,1-7H3,(H2,22,23,24). The molecule has 0 radical (unpaired) electrons. The zero-order valence-electron chi connectivity index (χ0n) is 17.8. The maximum absolute atomic E-state index is 4.75. The van der Waals surface area contributed by atoms with E-state index in [9.17, 15) is 0 Å². The highest BCUT2D eigenvalue weighted by Gasteiger charge is 2.12. The van der Waals surface area contributed by atoms with Crippen LogP contribution in [0.1, 0.15) is 45.7 Å². The largest absolute Gasteiger partial charge is 0.357 e. The number of nitrogens with zero attached hydrogens (tertiary/aromatic N) is 3. The first-order valence-electron chi connectivity index (χ1n) is 9.84. The van der Waals surface area contributed by atoms with Crippen LogP contribution in [0, 0.1) is 0 Å². The quantitative estimate of drug-likeness (QED) is 0.497. The van der Waals surface area contributed by atoms with E-state index in [0.717, 1.165) is 32.1 Å². The summed E-state index contributed by atoms with van der Waals surface area (Å²) in [7, 11) is 4.19. The van der Waals surface area contributed by atoms with Crippen LogP contribution in [-0.2, 0) is 13.1 Å². The lowest BCUT2D eigenvalue weighted by atomic mass is 10.1. The number of hydrogen-bond donors (Lipinski definition) is 2. The van der Waals surface area contributed by atoms with Crippen LogP contribution in [0.5, 0.6) is 0 Å². The second kappa shape index (κ2) is 11.9. The first-order chi connectivity index (χ1) is 12.3.